The first-order valence-electron chi connectivity index (χ1n) is 12.5. The van der Waals surface area contributed by atoms with Crippen LogP contribution >= 0.6 is 0 Å². The minimum atomic E-state index is -1.40. The summed E-state index contributed by atoms with van der Waals surface area (Å²) >= 11 is 0. The van der Waals surface area contributed by atoms with Gasteiger partial charge < -0.3 is 20.1 Å². The SMILES string of the molecule is COc1ccc2ncc(CF)c(C(F)CCC3(CO)CCN(CCNc4cc(F)cc(F)c4)CC3)c2c1. The number of aromatic nitrogens is 1. The third-order valence-corrected chi connectivity index (χ3v) is 7.46. The minimum Gasteiger partial charge on any atom is -0.497 e. The predicted molar refractivity (Wildman–Crippen MR) is 136 cm³/mol. The molecule has 2 N–H and O–H groups in total. The van der Waals surface area contributed by atoms with E-state index in [1.807, 2.05) is 0 Å². The molecule has 1 unspecified atom stereocenters. The third kappa shape index (κ3) is 6.51. The molecule has 2 aromatic carbocycles. The molecule has 1 aromatic heterocycles. The summed E-state index contributed by atoms with van der Waals surface area (Å²) in [4.78, 5) is 6.48. The number of fused-ring (bicyclic) bond motifs is 1. The quantitative estimate of drug-likeness (QED) is 0.306. The van der Waals surface area contributed by atoms with Crippen LogP contribution in [0.15, 0.2) is 42.6 Å². The van der Waals surface area contributed by atoms with Crippen LogP contribution in [0.5, 0.6) is 5.75 Å². The first-order chi connectivity index (χ1) is 17.9. The highest BCUT2D eigenvalue weighted by molar-refractivity contribution is 5.85. The van der Waals surface area contributed by atoms with Crippen molar-refractivity contribution in [3.8, 4) is 5.75 Å². The van der Waals surface area contributed by atoms with Gasteiger partial charge in [0.05, 0.1) is 12.6 Å². The topological polar surface area (TPSA) is 57.6 Å². The van der Waals surface area contributed by atoms with Gasteiger partial charge in [-0.25, -0.2) is 17.6 Å². The summed E-state index contributed by atoms with van der Waals surface area (Å²) < 4.78 is 61.4. The van der Waals surface area contributed by atoms with Crippen molar-refractivity contribution in [3.05, 3.63) is 65.4 Å². The van der Waals surface area contributed by atoms with E-state index in [0.717, 1.165) is 19.2 Å². The molecule has 2 heterocycles. The standard InChI is InChI=1S/C28H33F4N3O2/c1-37-23-2-3-26-24(15-23)27(19(16-29)17-34-26)25(32)4-5-28(18-36)6-9-35(10-7-28)11-8-33-22-13-20(30)12-21(31)14-22/h2-3,12-15,17,25,33,36H,4-11,16,18H2,1H3. The van der Waals surface area contributed by atoms with Gasteiger partial charge in [0.1, 0.15) is 30.2 Å². The van der Waals surface area contributed by atoms with Crippen LogP contribution in [-0.2, 0) is 6.67 Å². The number of likely N-dealkylation sites (tertiary alicyclic amines) is 1. The van der Waals surface area contributed by atoms with Gasteiger partial charge in [-0.05, 0) is 74.5 Å². The largest absolute Gasteiger partial charge is 0.497 e. The average Bonchev–Trinajstić information content (AvgIpc) is 2.91. The van der Waals surface area contributed by atoms with Gasteiger partial charge in [0, 0.05) is 54.2 Å². The summed E-state index contributed by atoms with van der Waals surface area (Å²) in [7, 11) is 1.52. The molecule has 1 aliphatic heterocycles. The van der Waals surface area contributed by atoms with Crippen molar-refractivity contribution in [2.24, 2.45) is 5.41 Å². The van der Waals surface area contributed by atoms with Crippen LogP contribution in [0.3, 0.4) is 0 Å². The number of ether oxygens (including phenoxy) is 1. The first-order valence-corrected chi connectivity index (χ1v) is 12.5. The molecule has 0 saturated carbocycles. The van der Waals surface area contributed by atoms with E-state index in [9.17, 15) is 18.3 Å². The number of pyridine rings is 1. The Morgan fingerprint density at radius 2 is 1.86 bits per heavy atom. The second-order valence-electron chi connectivity index (χ2n) is 9.80. The second kappa shape index (κ2) is 12.1. The van der Waals surface area contributed by atoms with Gasteiger partial charge in [-0.2, -0.15) is 0 Å². The Bertz CT molecular complexity index is 1180. The van der Waals surface area contributed by atoms with Crippen molar-refractivity contribution >= 4 is 16.6 Å². The summed E-state index contributed by atoms with van der Waals surface area (Å²) in [6.07, 6.45) is 2.02. The van der Waals surface area contributed by atoms with Gasteiger partial charge in [0.15, 0.2) is 0 Å². The molecule has 1 saturated heterocycles. The Kier molecular flexibility index (Phi) is 8.87. The zero-order chi connectivity index (χ0) is 26.4. The van der Waals surface area contributed by atoms with Crippen molar-refractivity contribution in [3.63, 3.8) is 0 Å². The minimum absolute atomic E-state index is 0.0464. The number of aliphatic hydroxyl groups is 1. The maximum absolute atomic E-state index is 15.7. The Morgan fingerprint density at radius 3 is 2.51 bits per heavy atom. The molecule has 5 nitrogen and oxygen atoms in total. The Hall–Kier alpha value is -2.91. The van der Waals surface area contributed by atoms with E-state index in [1.54, 1.807) is 18.2 Å². The van der Waals surface area contributed by atoms with Crippen LogP contribution in [0.25, 0.3) is 10.9 Å². The number of aliphatic hydroxyl groups excluding tert-OH is 1. The van der Waals surface area contributed by atoms with Crippen LogP contribution in [0.1, 0.15) is 43.0 Å². The molecule has 4 rings (SSSR count). The number of nitrogens with zero attached hydrogens (tertiary/aromatic N) is 2. The van der Waals surface area contributed by atoms with E-state index < -0.39 is 29.9 Å². The number of hydrogen-bond donors (Lipinski definition) is 2. The molecule has 0 bridgehead atoms. The summed E-state index contributed by atoms with van der Waals surface area (Å²) in [6, 6.07) is 8.49. The smallest absolute Gasteiger partial charge is 0.128 e. The number of piperidine rings is 1. The molecule has 0 aliphatic carbocycles. The molecule has 200 valence electrons. The monoisotopic (exact) mass is 519 g/mol. The highest BCUT2D eigenvalue weighted by atomic mass is 19.1. The zero-order valence-electron chi connectivity index (χ0n) is 21.0. The van der Waals surface area contributed by atoms with Crippen molar-refractivity contribution in [1.29, 1.82) is 0 Å². The maximum atomic E-state index is 15.7. The van der Waals surface area contributed by atoms with Gasteiger partial charge in [-0.1, -0.05) is 0 Å². The fraction of sp³-hybridized carbons (Fsp3) is 0.464. The zero-order valence-corrected chi connectivity index (χ0v) is 21.0. The van der Waals surface area contributed by atoms with Gasteiger partial charge >= 0.3 is 0 Å². The summed E-state index contributed by atoms with van der Waals surface area (Å²) in [5.74, 6) is -0.705. The van der Waals surface area contributed by atoms with E-state index in [1.165, 1.54) is 25.4 Å². The summed E-state index contributed by atoms with van der Waals surface area (Å²) in [5, 5.41) is 13.8. The lowest BCUT2D eigenvalue weighted by molar-refractivity contribution is 0.0315. The van der Waals surface area contributed by atoms with Crippen LogP contribution in [0.2, 0.25) is 0 Å². The van der Waals surface area contributed by atoms with Crippen molar-refractivity contribution in [2.45, 2.75) is 38.5 Å². The van der Waals surface area contributed by atoms with Crippen molar-refractivity contribution < 1.29 is 27.4 Å². The molecule has 0 amide bonds. The third-order valence-electron chi connectivity index (χ3n) is 7.46. The van der Waals surface area contributed by atoms with Crippen LogP contribution in [0, 0.1) is 17.0 Å². The number of hydrogen-bond acceptors (Lipinski definition) is 5. The Balaban J connectivity index is 1.35. The van der Waals surface area contributed by atoms with Crippen LogP contribution in [-0.4, -0.2) is 54.9 Å². The molecule has 1 aliphatic rings. The van der Waals surface area contributed by atoms with E-state index in [2.05, 4.69) is 15.2 Å². The summed E-state index contributed by atoms with van der Waals surface area (Å²) in [6.45, 7) is 1.79. The second-order valence-corrected chi connectivity index (χ2v) is 9.80. The molecule has 0 radical (unpaired) electrons. The lowest BCUT2D eigenvalue weighted by Gasteiger charge is -2.41. The molecule has 37 heavy (non-hydrogen) atoms. The molecule has 0 spiro atoms. The van der Waals surface area contributed by atoms with E-state index in [-0.39, 0.29) is 18.6 Å². The van der Waals surface area contributed by atoms with E-state index in [0.29, 0.717) is 60.3 Å². The number of nitrogens with one attached hydrogen (secondary N) is 1. The van der Waals surface area contributed by atoms with Crippen LogP contribution < -0.4 is 10.1 Å². The molecule has 1 atom stereocenters. The predicted octanol–water partition coefficient (Wildman–Crippen LogP) is 5.97. The van der Waals surface area contributed by atoms with Crippen molar-refractivity contribution in [1.82, 2.24) is 9.88 Å². The molecule has 9 heteroatoms. The Morgan fingerprint density at radius 1 is 1.14 bits per heavy atom. The number of anilines is 1. The van der Waals surface area contributed by atoms with Crippen LogP contribution in [0.4, 0.5) is 23.2 Å². The van der Waals surface area contributed by atoms with Gasteiger partial charge in [0.2, 0.25) is 0 Å². The fourth-order valence-corrected chi connectivity index (χ4v) is 5.17. The highest BCUT2D eigenvalue weighted by Gasteiger charge is 2.35. The van der Waals surface area contributed by atoms with Gasteiger partial charge in [-0.15, -0.1) is 0 Å². The maximum Gasteiger partial charge on any atom is 0.128 e. The number of benzene rings is 2. The van der Waals surface area contributed by atoms with E-state index >= 15 is 4.39 Å². The normalized spacial score (nSPS) is 16.6. The van der Waals surface area contributed by atoms with Crippen molar-refractivity contribution in [2.75, 3.05) is 45.2 Å². The molecular weight excluding hydrogens is 486 g/mol. The molecule has 3 aromatic rings. The Labute approximate surface area is 214 Å². The van der Waals surface area contributed by atoms with Gasteiger partial charge in [-0.3, -0.25) is 4.98 Å². The average molecular weight is 520 g/mol. The fourth-order valence-electron chi connectivity index (χ4n) is 5.17. The number of alkyl halides is 2. The number of rotatable bonds is 11. The number of halogens is 4. The summed E-state index contributed by atoms with van der Waals surface area (Å²) in [5.41, 5.74) is 1.09. The highest BCUT2D eigenvalue weighted by Crippen LogP contribution is 2.41. The van der Waals surface area contributed by atoms with Gasteiger partial charge in [0.25, 0.3) is 0 Å². The lowest BCUT2D eigenvalue weighted by Crippen LogP contribution is -2.43. The molecule has 1 fully saturated rings. The first kappa shape index (κ1) is 27.1. The number of methoxy groups -OCH3 is 1. The molecular formula is C28H33F4N3O2. The lowest BCUT2D eigenvalue weighted by atomic mass is 9.74. The van der Waals surface area contributed by atoms with E-state index in [4.69, 9.17) is 4.74 Å².